The van der Waals surface area contributed by atoms with E-state index >= 15 is 0 Å². The van der Waals surface area contributed by atoms with E-state index in [1.807, 2.05) is 24.3 Å². The summed E-state index contributed by atoms with van der Waals surface area (Å²) >= 11 is 0. The number of rotatable bonds is 4. The Hall–Kier alpha value is -1.39. The molecule has 4 heteroatoms. The van der Waals surface area contributed by atoms with E-state index in [1.54, 1.807) is 7.11 Å². The van der Waals surface area contributed by atoms with Crippen LogP contribution in [0.1, 0.15) is 41.6 Å². The third kappa shape index (κ3) is 3.78. The van der Waals surface area contributed by atoms with E-state index in [2.05, 4.69) is 5.32 Å². The Morgan fingerprint density at radius 1 is 1.32 bits per heavy atom. The van der Waals surface area contributed by atoms with E-state index < -0.39 is 0 Å². The van der Waals surface area contributed by atoms with Crippen LogP contribution in [-0.2, 0) is 11.3 Å². The molecule has 4 nitrogen and oxygen atoms in total. The van der Waals surface area contributed by atoms with Crippen molar-refractivity contribution in [2.75, 3.05) is 7.11 Å². The molecule has 1 saturated carbocycles. The van der Waals surface area contributed by atoms with Gasteiger partial charge in [-0.2, -0.15) is 0 Å². The molecule has 2 N–H and O–H groups in total. The molecular formula is C15H21NO3. The van der Waals surface area contributed by atoms with Gasteiger partial charge in [0.2, 0.25) is 0 Å². The molecule has 1 aliphatic rings. The van der Waals surface area contributed by atoms with Gasteiger partial charge in [0.25, 0.3) is 5.91 Å². The lowest BCUT2D eigenvalue weighted by molar-refractivity contribution is 0.0863. The molecular weight excluding hydrogens is 242 g/mol. The number of benzene rings is 1. The van der Waals surface area contributed by atoms with Gasteiger partial charge in [-0.1, -0.05) is 18.2 Å². The number of hydrogen-bond acceptors (Lipinski definition) is 3. The number of aliphatic hydroxyl groups is 1. The Morgan fingerprint density at radius 2 is 2.00 bits per heavy atom. The second-order valence-electron chi connectivity index (χ2n) is 5.07. The molecule has 1 amide bonds. The van der Waals surface area contributed by atoms with Crippen LogP contribution in [0.4, 0.5) is 0 Å². The van der Waals surface area contributed by atoms with Gasteiger partial charge in [-0.3, -0.25) is 4.79 Å². The van der Waals surface area contributed by atoms with Gasteiger partial charge in [0.1, 0.15) is 0 Å². The average molecular weight is 263 g/mol. The molecule has 19 heavy (non-hydrogen) atoms. The summed E-state index contributed by atoms with van der Waals surface area (Å²) in [6, 6.07) is 7.66. The predicted molar refractivity (Wildman–Crippen MR) is 72.9 cm³/mol. The Bertz CT molecular complexity index is 425. The number of aliphatic hydroxyl groups excluding tert-OH is 1. The standard InChI is InChI=1S/C15H21NO3/c1-19-10-11-4-2-3-5-14(11)15(18)16-12-6-8-13(17)9-7-12/h2-5,12-13,17H,6-10H2,1H3,(H,16,18). The number of amides is 1. The van der Waals surface area contributed by atoms with Crippen LogP contribution in [0.25, 0.3) is 0 Å². The quantitative estimate of drug-likeness (QED) is 0.872. The minimum atomic E-state index is -0.200. The van der Waals surface area contributed by atoms with Crippen LogP contribution < -0.4 is 5.32 Å². The summed E-state index contributed by atoms with van der Waals surface area (Å²) in [6.45, 7) is 0.437. The van der Waals surface area contributed by atoms with Crippen LogP contribution in [0, 0.1) is 0 Å². The van der Waals surface area contributed by atoms with Gasteiger partial charge in [-0.25, -0.2) is 0 Å². The van der Waals surface area contributed by atoms with Crippen molar-refractivity contribution < 1.29 is 14.6 Å². The third-order valence-electron chi connectivity index (χ3n) is 3.59. The van der Waals surface area contributed by atoms with Gasteiger partial charge in [0, 0.05) is 18.7 Å². The molecule has 1 aliphatic carbocycles. The van der Waals surface area contributed by atoms with Gasteiger partial charge in [0.15, 0.2) is 0 Å². The molecule has 104 valence electrons. The van der Waals surface area contributed by atoms with Crippen LogP contribution in [0.2, 0.25) is 0 Å². The second-order valence-corrected chi connectivity index (χ2v) is 5.07. The lowest BCUT2D eigenvalue weighted by Crippen LogP contribution is -2.38. The van der Waals surface area contributed by atoms with Crippen molar-refractivity contribution in [3.8, 4) is 0 Å². The highest BCUT2D eigenvalue weighted by Crippen LogP contribution is 2.19. The number of nitrogens with one attached hydrogen (secondary N) is 1. The summed E-state index contributed by atoms with van der Waals surface area (Å²) in [5.41, 5.74) is 1.58. The molecule has 1 aromatic rings. The zero-order valence-corrected chi connectivity index (χ0v) is 11.3. The van der Waals surface area contributed by atoms with Crippen molar-refractivity contribution >= 4 is 5.91 Å². The summed E-state index contributed by atoms with van der Waals surface area (Å²) in [7, 11) is 1.62. The second kappa shape index (κ2) is 6.68. The molecule has 0 atom stereocenters. The first-order valence-electron chi connectivity index (χ1n) is 6.76. The minimum Gasteiger partial charge on any atom is -0.393 e. The van der Waals surface area contributed by atoms with Crippen molar-refractivity contribution in [2.45, 2.75) is 44.4 Å². The van der Waals surface area contributed by atoms with Crippen LogP contribution in [0.15, 0.2) is 24.3 Å². The maximum absolute atomic E-state index is 12.3. The van der Waals surface area contributed by atoms with Crippen LogP contribution >= 0.6 is 0 Å². The Balaban J connectivity index is 1.99. The molecule has 0 spiro atoms. The smallest absolute Gasteiger partial charge is 0.251 e. The molecule has 0 heterocycles. The molecule has 0 radical (unpaired) electrons. The van der Waals surface area contributed by atoms with Crippen LogP contribution in [-0.4, -0.2) is 30.3 Å². The molecule has 0 aromatic heterocycles. The fourth-order valence-corrected chi connectivity index (χ4v) is 2.51. The first-order valence-corrected chi connectivity index (χ1v) is 6.76. The van der Waals surface area contributed by atoms with Gasteiger partial charge in [0.05, 0.1) is 12.7 Å². The number of hydrogen-bond donors (Lipinski definition) is 2. The number of carbonyl (C=O) groups excluding carboxylic acids is 1. The van der Waals surface area contributed by atoms with E-state index in [-0.39, 0.29) is 18.1 Å². The van der Waals surface area contributed by atoms with Crippen LogP contribution in [0.5, 0.6) is 0 Å². The zero-order chi connectivity index (χ0) is 13.7. The predicted octanol–water partition coefficient (Wildman–Crippen LogP) is 1.87. The highest BCUT2D eigenvalue weighted by molar-refractivity contribution is 5.95. The molecule has 0 unspecified atom stereocenters. The van der Waals surface area contributed by atoms with Crippen molar-refractivity contribution in [3.05, 3.63) is 35.4 Å². The zero-order valence-electron chi connectivity index (χ0n) is 11.3. The highest BCUT2D eigenvalue weighted by atomic mass is 16.5. The number of methoxy groups -OCH3 is 1. The monoisotopic (exact) mass is 263 g/mol. The first-order chi connectivity index (χ1) is 9.20. The SMILES string of the molecule is COCc1ccccc1C(=O)NC1CCC(O)CC1. The van der Waals surface area contributed by atoms with E-state index in [9.17, 15) is 9.90 Å². The molecule has 0 bridgehead atoms. The van der Waals surface area contributed by atoms with Gasteiger partial charge in [-0.15, -0.1) is 0 Å². The summed E-state index contributed by atoms with van der Waals surface area (Å²) in [6.07, 6.45) is 3.03. The van der Waals surface area contributed by atoms with Crippen molar-refractivity contribution in [1.82, 2.24) is 5.32 Å². The Labute approximate surface area is 113 Å². The van der Waals surface area contributed by atoms with E-state index in [4.69, 9.17) is 4.74 Å². The van der Waals surface area contributed by atoms with E-state index in [0.29, 0.717) is 12.2 Å². The lowest BCUT2D eigenvalue weighted by atomic mass is 9.93. The fourth-order valence-electron chi connectivity index (χ4n) is 2.51. The van der Waals surface area contributed by atoms with E-state index in [0.717, 1.165) is 31.2 Å². The number of ether oxygens (including phenoxy) is 1. The van der Waals surface area contributed by atoms with Gasteiger partial charge in [-0.05, 0) is 37.3 Å². The largest absolute Gasteiger partial charge is 0.393 e. The molecule has 0 aliphatic heterocycles. The maximum Gasteiger partial charge on any atom is 0.251 e. The summed E-state index contributed by atoms with van der Waals surface area (Å²) < 4.78 is 5.11. The van der Waals surface area contributed by atoms with Gasteiger partial charge < -0.3 is 15.2 Å². The lowest BCUT2D eigenvalue weighted by Gasteiger charge is -2.26. The minimum absolute atomic E-state index is 0.0472. The third-order valence-corrected chi connectivity index (χ3v) is 3.59. The Kier molecular flexibility index (Phi) is 4.93. The average Bonchev–Trinajstić information content (AvgIpc) is 2.42. The number of carbonyl (C=O) groups is 1. The normalized spacial score (nSPS) is 23.1. The maximum atomic E-state index is 12.3. The summed E-state index contributed by atoms with van der Waals surface area (Å²) in [5.74, 6) is -0.0472. The molecule has 1 fully saturated rings. The summed E-state index contributed by atoms with van der Waals surface area (Å²) in [5, 5.41) is 12.5. The topological polar surface area (TPSA) is 58.6 Å². The van der Waals surface area contributed by atoms with Gasteiger partial charge >= 0.3 is 0 Å². The Morgan fingerprint density at radius 3 is 2.68 bits per heavy atom. The fraction of sp³-hybridized carbons (Fsp3) is 0.533. The summed E-state index contributed by atoms with van der Waals surface area (Å²) in [4.78, 5) is 12.3. The molecule has 0 saturated heterocycles. The highest BCUT2D eigenvalue weighted by Gasteiger charge is 2.21. The van der Waals surface area contributed by atoms with Crippen molar-refractivity contribution in [2.24, 2.45) is 0 Å². The van der Waals surface area contributed by atoms with Crippen molar-refractivity contribution in [1.29, 1.82) is 0 Å². The van der Waals surface area contributed by atoms with Crippen molar-refractivity contribution in [3.63, 3.8) is 0 Å². The van der Waals surface area contributed by atoms with Crippen LogP contribution in [0.3, 0.4) is 0 Å². The first kappa shape index (κ1) is 14.0. The molecule has 2 rings (SSSR count). The molecule has 1 aromatic carbocycles. The van der Waals surface area contributed by atoms with E-state index in [1.165, 1.54) is 0 Å².